The van der Waals surface area contributed by atoms with Crippen molar-refractivity contribution in [1.82, 2.24) is 0 Å². The summed E-state index contributed by atoms with van der Waals surface area (Å²) in [5, 5.41) is 3.64. The molecule has 1 aromatic rings. The molecule has 2 aliphatic rings. The van der Waals surface area contributed by atoms with E-state index in [1.807, 2.05) is 18.2 Å². The van der Waals surface area contributed by atoms with Gasteiger partial charge in [-0.3, -0.25) is 4.79 Å². The van der Waals surface area contributed by atoms with Crippen LogP contribution in [-0.4, -0.2) is 37.6 Å². The molecule has 1 aliphatic heterocycles. The number of rotatable bonds is 6. The van der Waals surface area contributed by atoms with Gasteiger partial charge in [0.15, 0.2) is 0 Å². The van der Waals surface area contributed by atoms with Gasteiger partial charge in [-0.25, -0.2) is 0 Å². The van der Waals surface area contributed by atoms with Gasteiger partial charge in [0.25, 0.3) is 0 Å². The highest BCUT2D eigenvalue weighted by Gasteiger charge is 2.33. The van der Waals surface area contributed by atoms with Crippen LogP contribution >= 0.6 is 24.8 Å². The van der Waals surface area contributed by atoms with Crippen molar-refractivity contribution < 1.29 is 19.0 Å². The molecule has 1 saturated carbocycles. The molecule has 3 N–H and O–H groups in total. The van der Waals surface area contributed by atoms with Gasteiger partial charge in [0.1, 0.15) is 6.61 Å². The number of ether oxygens (including phenoxy) is 3. The second kappa shape index (κ2) is 11.6. The number of hydrogen-bond donors (Lipinski definition) is 2. The highest BCUT2D eigenvalue weighted by molar-refractivity contribution is 5.85. The maximum Gasteiger partial charge on any atom is 0.308 e. The summed E-state index contributed by atoms with van der Waals surface area (Å²) in [5.74, 6) is -0.562. The monoisotopic (exact) mass is 476 g/mol. The first kappa shape index (κ1) is 27.8. The maximum atomic E-state index is 12.2. The molecule has 3 rings (SSSR count). The van der Waals surface area contributed by atoms with E-state index in [1.54, 1.807) is 6.92 Å². The van der Waals surface area contributed by atoms with Crippen LogP contribution in [-0.2, 0) is 25.4 Å². The van der Waals surface area contributed by atoms with Gasteiger partial charge in [-0.05, 0) is 54.7 Å². The minimum absolute atomic E-state index is 0. The summed E-state index contributed by atoms with van der Waals surface area (Å²) in [4.78, 5) is 12.2. The molecule has 8 heteroatoms. The fourth-order valence-electron chi connectivity index (χ4n) is 4.79. The zero-order valence-electron chi connectivity index (χ0n) is 19.1. The molecule has 178 valence electrons. The molecule has 1 aromatic carbocycles. The number of hydrogen-bond acceptors (Lipinski definition) is 6. The fraction of sp³-hybridized carbons (Fsp3) is 0.696. The topological polar surface area (TPSA) is 82.8 Å². The van der Waals surface area contributed by atoms with E-state index in [0.29, 0.717) is 37.0 Å². The lowest BCUT2D eigenvalue weighted by Crippen LogP contribution is -2.44. The molecule has 1 aliphatic carbocycles. The van der Waals surface area contributed by atoms with Crippen molar-refractivity contribution in [1.29, 1.82) is 0 Å². The van der Waals surface area contributed by atoms with Crippen LogP contribution in [0.15, 0.2) is 18.2 Å². The summed E-state index contributed by atoms with van der Waals surface area (Å²) in [6.07, 6.45) is 4.44. The van der Waals surface area contributed by atoms with Gasteiger partial charge in [0, 0.05) is 19.4 Å². The first-order chi connectivity index (χ1) is 13.6. The van der Waals surface area contributed by atoms with Crippen LogP contribution in [0.2, 0.25) is 0 Å². The standard InChI is InChI=1S/C23H36N2O4.2ClH/c1-16-11-18(14-22(2,3)13-16)25-20-7-5-17(12-19(20)24)6-8-21(26)29-23(4)15-27-9-10-28-23;;/h5,7,12,16,18,25H,6,8-11,13-15,24H2,1-4H3;2*1H/t16-,18+,23?;;/m0../s1. The van der Waals surface area contributed by atoms with Crippen molar-refractivity contribution in [3.05, 3.63) is 23.8 Å². The zero-order valence-corrected chi connectivity index (χ0v) is 20.7. The van der Waals surface area contributed by atoms with Gasteiger partial charge in [-0.15, -0.1) is 24.8 Å². The van der Waals surface area contributed by atoms with Crippen molar-refractivity contribution >= 4 is 42.2 Å². The van der Waals surface area contributed by atoms with Crippen molar-refractivity contribution in [3.8, 4) is 0 Å². The van der Waals surface area contributed by atoms with Gasteiger partial charge >= 0.3 is 5.97 Å². The van der Waals surface area contributed by atoms with Crippen molar-refractivity contribution in [2.24, 2.45) is 11.3 Å². The van der Waals surface area contributed by atoms with Gasteiger partial charge in [0.2, 0.25) is 5.79 Å². The SMILES string of the molecule is C[C@H]1C[C@@H](Nc2ccc(CCC(=O)OC3(C)COCCO3)cc2N)CC(C)(C)C1.Cl.Cl. The molecular weight excluding hydrogens is 439 g/mol. The number of halogens is 2. The number of nitrogens with two attached hydrogens (primary N) is 1. The molecule has 0 spiro atoms. The number of nitrogens with one attached hydrogen (secondary N) is 1. The number of carbonyl (C=O) groups excluding carboxylic acids is 1. The van der Waals surface area contributed by atoms with Gasteiger partial charge in [-0.1, -0.05) is 26.8 Å². The Hall–Kier alpha value is -1.21. The number of nitrogen functional groups attached to an aromatic ring is 1. The molecule has 1 heterocycles. The number of esters is 1. The Morgan fingerprint density at radius 3 is 2.58 bits per heavy atom. The molecule has 0 radical (unpaired) electrons. The summed E-state index contributed by atoms with van der Waals surface area (Å²) < 4.78 is 16.3. The van der Waals surface area contributed by atoms with Gasteiger partial charge < -0.3 is 25.3 Å². The normalized spacial score (nSPS) is 27.4. The van der Waals surface area contributed by atoms with Crippen molar-refractivity contribution in [2.75, 3.05) is 30.9 Å². The molecule has 0 aromatic heterocycles. The summed E-state index contributed by atoms with van der Waals surface area (Å²) in [6, 6.07) is 6.46. The predicted molar refractivity (Wildman–Crippen MR) is 129 cm³/mol. The van der Waals surface area contributed by atoms with Crippen LogP contribution in [0.25, 0.3) is 0 Å². The number of benzene rings is 1. The quantitative estimate of drug-likeness (QED) is 0.444. The molecular formula is C23H38Cl2N2O4. The molecule has 31 heavy (non-hydrogen) atoms. The van der Waals surface area contributed by atoms with Crippen molar-refractivity contribution in [3.63, 3.8) is 0 Å². The summed E-state index contributed by atoms with van der Waals surface area (Å²) in [7, 11) is 0. The van der Waals surface area contributed by atoms with Crippen molar-refractivity contribution in [2.45, 2.75) is 71.6 Å². The maximum absolute atomic E-state index is 12.2. The van der Waals surface area contributed by atoms with Crippen LogP contribution in [0.1, 0.15) is 58.9 Å². The zero-order chi connectivity index (χ0) is 21.1. The molecule has 6 nitrogen and oxygen atoms in total. The van der Waals surface area contributed by atoms with Gasteiger partial charge in [-0.2, -0.15) is 0 Å². The first-order valence-electron chi connectivity index (χ1n) is 10.7. The fourth-order valence-corrected chi connectivity index (χ4v) is 4.79. The third kappa shape index (κ3) is 8.33. The van der Waals surface area contributed by atoms with Crippen LogP contribution in [0.5, 0.6) is 0 Å². The second-order valence-corrected chi connectivity index (χ2v) is 9.69. The molecule has 1 saturated heterocycles. The van der Waals surface area contributed by atoms with Crippen LogP contribution in [0.3, 0.4) is 0 Å². The van der Waals surface area contributed by atoms with Crippen LogP contribution < -0.4 is 11.1 Å². The minimum atomic E-state index is -0.979. The molecule has 0 amide bonds. The van der Waals surface area contributed by atoms with E-state index in [-0.39, 0.29) is 43.8 Å². The lowest BCUT2D eigenvalue weighted by atomic mass is 9.70. The molecule has 3 atom stereocenters. The largest absolute Gasteiger partial charge is 0.431 e. The Bertz CT molecular complexity index is 724. The predicted octanol–water partition coefficient (Wildman–Crippen LogP) is 4.98. The third-order valence-corrected chi connectivity index (χ3v) is 5.81. The van der Waals surface area contributed by atoms with Crippen LogP contribution in [0.4, 0.5) is 11.4 Å². The second-order valence-electron chi connectivity index (χ2n) is 9.69. The average Bonchev–Trinajstić information content (AvgIpc) is 2.60. The van der Waals surface area contributed by atoms with E-state index in [1.165, 1.54) is 12.8 Å². The number of aryl methyl sites for hydroxylation is 1. The van der Waals surface area contributed by atoms with E-state index >= 15 is 0 Å². The summed E-state index contributed by atoms with van der Waals surface area (Å²) in [5.41, 5.74) is 9.38. The van der Waals surface area contributed by atoms with E-state index in [4.69, 9.17) is 19.9 Å². The Labute approximate surface area is 198 Å². The van der Waals surface area contributed by atoms with E-state index in [0.717, 1.165) is 23.4 Å². The minimum Gasteiger partial charge on any atom is -0.431 e. The van der Waals surface area contributed by atoms with E-state index in [9.17, 15) is 4.79 Å². The highest BCUT2D eigenvalue weighted by atomic mass is 35.5. The molecule has 0 bridgehead atoms. The van der Waals surface area contributed by atoms with E-state index in [2.05, 4.69) is 26.1 Å². The first-order valence-corrected chi connectivity index (χ1v) is 10.7. The molecule has 2 fully saturated rings. The third-order valence-electron chi connectivity index (χ3n) is 5.81. The highest BCUT2D eigenvalue weighted by Crippen LogP contribution is 2.40. The summed E-state index contributed by atoms with van der Waals surface area (Å²) >= 11 is 0. The molecule has 1 unspecified atom stereocenters. The lowest BCUT2D eigenvalue weighted by Gasteiger charge is -2.39. The average molecular weight is 477 g/mol. The Kier molecular flexibility index (Phi) is 10.4. The number of anilines is 2. The lowest BCUT2D eigenvalue weighted by molar-refractivity contribution is -0.271. The Morgan fingerprint density at radius 2 is 1.97 bits per heavy atom. The smallest absolute Gasteiger partial charge is 0.308 e. The van der Waals surface area contributed by atoms with Crippen LogP contribution in [0, 0.1) is 11.3 Å². The number of carbonyl (C=O) groups is 1. The van der Waals surface area contributed by atoms with Gasteiger partial charge in [0.05, 0.1) is 24.6 Å². The Morgan fingerprint density at radius 1 is 1.23 bits per heavy atom. The Balaban J connectivity index is 0.00000240. The van der Waals surface area contributed by atoms with E-state index < -0.39 is 5.79 Å². The summed E-state index contributed by atoms with van der Waals surface area (Å²) in [6.45, 7) is 9.97.